The van der Waals surface area contributed by atoms with Gasteiger partial charge < -0.3 is 0 Å². The lowest BCUT2D eigenvalue weighted by Crippen LogP contribution is -2.09. The number of fused-ring (bicyclic) bond motifs is 2. The highest BCUT2D eigenvalue weighted by molar-refractivity contribution is 6.68. The zero-order valence-electron chi connectivity index (χ0n) is 13.2. The minimum absolute atomic E-state index is 0.197. The standard InChI is InChI=1S/C22H13ClO2/c23-22(25)19-13-12-15-7-2-4-10-17(15)20(19)21(24)18-11-5-8-14-6-1-3-9-16(14)18/h1-13H. The van der Waals surface area contributed by atoms with Crippen molar-refractivity contribution in [3.8, 4) is 0 Å². The Hall–Kier alpha value is -2.97. The number of halogens is 1. The molecule has 0 atom stereocenters. The third kappa shape index (κ3) is 2.61. The molecule has 4 rings (SSSR count). The summed E-state index contributed by atoms with van der Waals surface area (Å²) in [5.41, 5.74) is 1.15. The first-order valence-corrected chi connectivity index (χ1v) is 8.28. The van der Waals surface area contributed by atoms with E-state index in [1.165, 1.54) is 0 Å². The summed E-state index contributed by atoms with van der Waals surface area (Å²) in [6, 6.07) is 24.2. The average molecular weight is 345 g/mol. The Balaban J connectivity index is 2.05. The van der Waals surface area contributed by atoms with E-state index in [0.717, 1.165) is 21.5 Å². The van der Waals surface area contributed by atoms with Crippen molar-refractivity contribution in [3.05, 3.63) is 95.6 Å². The molecule has 0 saturated heterocycles. The van der Waals surface area contributed by atoms with Crippen molar-refractivity contribution >= 4 is 44.2 Å². The van der Waals surface area contributed by atoms with Crippen LogP contribution in [0, 0.1) is 0 Å². The van der Waals surface area contributed by atoms with Gasteiger partial charge in [0.15, 0.2) is 5.78 Å². The fourth-order valence-electron chi connectivity index (χ4n) is 3.24. The molecule has 4 aromatic rings. The molecule has 0 aliphatic heterocycles. The van der Waals surface area contributed by atoms with Crippen molar-refractivity contribution in [3.63, 3.8) is 0 Å². The predicted octanol–water partition coefficient (Wildman–Crippen LogP) is 5.60. The van der Waals surface area contributed by atoms with Crippen molar-refractivity contribution in [1.82, 2.24) is 0 Å². The maximum Gasteiger partial charge on any atom is 0.253 e. The van der Waals surface area contributed by atoms with E-state index in [-0.39, 0.29) is 11.3 Å². The number of benzene rings is 4. The lowest BCUT2D eigenvalue weighted by atomic mass is 9.91. The lowest BCUT2D eigenvalue weighted by Gasteiger charge is -2.11. The molecule has 3 heteroatoms. The van der Waals surface area contributed by atoms with E-state index in [0.29, 0.717) is 11.1 Å². The first-order chi connectivity index (χ1) is 12.2. The quantitative estimate of drug-likeness (QED) is 0.358. The molecule has 0 unspecified atom stereocenters. The van der Waals surface area contributed by atoms with E-state index in [1.807, 2.05) is 66.7 Å². The number of ketones is 1. The SMILES string of the molecule is O=C(Cl)c1ccc2ccccc2c1C(=O)c1cccc2ccccc12. The van der Waals surface area contributed by atoms with Crippen LogP contribution < -0.4 is 0 Å². The lowest BCUT2D eigenvalue weighted by molar-refractivity contribution is 0.102. The van der Waals surface area contributed by atoms with Gasteiger partial charge in [-0.1, -0.05) is 72.8 Å². The van der Waals surface area contributed by atoms with E-state index in [2.05, 4.69) is 0 Å². The van der Waals surface area contributed by atoms with Gasteiger partial charge in [0.05, 0.1) is 0 Å². The molecule has 0 N–H and O–H groups in total. The number of carbonyl (C=O) groups is 2. The number of carbonyl (C=O) groups excluding carboxylic acids is 2. The molecule has 25 heavy (non-hydrogen) atoms. The molecule has 0 aromatic heterocycles. The van der Waals surface area contributed by atoms with Gasteiger partial charge in [-0.05, 0) is 39.2 Å². The molecular formula is C22H13ClO2. The largest absolute Gasteiger partial charge is 0.289 e. The summed E-state index contributed by atoms with van der Waals surface area (Å²) >= 11 is 5.77. The van der Waals surface area contributed by atoms with E-state index in [1.54, 1.807) is 12.1 Å². The minimum atomic E-state index is -0.630. The topological polar surface area (TPSA) is 34.1 Å². The van der Waals surface area contributed by atoms with E-state index < -0.39 is 5.24 Å². The van der Waals surface area contributed by atoms with E-state index >= 15 is 0 Å². The molecule has 0 saturated carbocycles. The monoisotopic (exact) mass is 344 g/mol. The van der Waals surface area contributed by atoms with Crippen LogP contribution in [-0.2, 0) is 0 Å². The highest BCUT2D eigenvalue weighted by Crippen LogP contribution is 2.29. The Morgan fingerprint density at radius 3 is 1.92 bits per heavy atom. The molecule has 0 spiro atoms. The Kier molecular flexibility index (Phi) is 3.83. The Morgan fingerprint density at radius 2 is 1.20 bits per heavy atom. The molecule has 0 aliphatic rings. The van der Waals surface area contributed by atoms with E-state index in [9.17, 15) is 9.59 Å². The van der Waals surface area contributed by atoms with Crippen LogP contribution in [0.3, 0.4) is 0 Å². The summed E-state index contributed by atoms with van der Waals surface area (Å²) in [5, 5.41) is 2.83. The molecular weight excluding hydrogens is 332 g/mol. The third-order valence-electron chi connectivity index (χ3n) is 4.40. The third-order valence-corrected chi connectivity index (χ3v) is 4.61. The van der Waals surface area contributed by atoms with Crippen molar-refractivity contribution in [2.24, 2.45) is 0 Å². The second kappa shape index (κ2) is 6.15. The van der Waals surface area contributed by atoms with Crippen LogP contribution in [0.2, 0.25) is 0 Å². The number of hydrogen-bond donors (Lipinski definition) is 0. The van der Waals surface area contributed by atoms with Crippen LogP contribution in [0.25, 0.3) is 21.5 Å². The summed E-state index contributed by atoms with van der Waals surface area (Å²) in [4.78, 5) is 25.3. The Bertz CT molecular complexity index is 1140. The maximum absolute atomic E-state index is 13.4. The molecule has 2 nitrogen and oxygen atoms in total. The molecule has 0 aliphatic carbocycles. The number of hydrogen-bond acceptors (Lipinski definition) is 2. The van der Waals surface area contributed by atoms with Gasteiger partial charge in [-0.3, -0.25) is 9.59 Å². The predicted molar refractivity (Wildman–Crippen MR) is 102 cm³/mol. The van der Waals surface area contributed by atoms with Gasteiger partial charge in [-0.15, -0.1) is 0 Å². The van der Waals surface area contributed by atoms with Crippen molar-refractivity contribution in [2.45, 2.75) is 0 Å². The van der Waals surface area contributed by atoms with E-state index in [4.69, 9.17) is 11.6 Å². The molecule has 120 valence electrons. The highest BCUT2D eigenvalue weighted by Gasteiger charge is 2.21. The van der Waals surface area contributed by atoms with Crippen LogP contribution in [-0.4, -0.2) is 11.0 Å². The second-order valence-electron chi connectivity index (χ2n) is 5.84. The summed E-state index contributed by atoms with van der Waals surface area (Å²) in [7, 11) is 0. The highest BCUT2D eigenvalue weighted by atomic mass is 35.5. The summed E-state index contributed by atoms with van der Waals surface area (Å²) in [5.74, 6) is -0.197. The van der Waals surface area contributed by atoms with Gasteiger partial charge >= 0.3 is 0 Å². The zero-order valence-corrected chi connectivity index (χ0v) is 14.0. The van der Waals surface area contributed by atoms with Gasteiger partial charge in [0.1, 0.15) is 0 Å². The van der Waals surface area contributed by atoms with Crippen molar-refractivity contribution in [2.75, 3.05) is 0 Å². The average Bonchev–Trinajstić information content (AvgIpc) is 2.66. The Morgan fingerprint density at radius 1 is 0.600 bits per heavy atom. The second-order valence-corrected chi connectivity index (χ2v) is 6.18. The first kappa shape index (κ1) is 15.6. The zero-order chi connectivity index (χ0) is 17.4. The van der Waals surface area contributed by atoms with Gasteiger partial charge in [0.25, 0.3) is 5.24 Å². The van der Waals surface area contributed by atoms with Crippen LogP contribution in [0.4, 0.5) is 0 Å². The van der Waals surface area contributed by atoms with Gasteiger partial charge in [-0.2, -0.15) is 0 Å². The molecule has 4 aromatic carbocycles. The van der Waals surface area contributed by atoms with Crippen molar-refractivity contribution < 1.29 is 9.59 Å². The summed E-state index contributed by atoms with van der Waals surface area (Å²) in [6.45, 7) is 0. The molecule has 0 amide bonds. The maximum atomic E-state index is 13.4. The molecule has 0 bridgehead atoms. The fraction of sp³-hybridized carbons (Fsp3) is 0. The number of rotatable bonds is 3. The molecule has 0 fully saturated rings. The summed E-state index contributed by atoms with van der Waals surface area (Å²) in [6.07, 6.45) is 0. The normalized spacial score (nSPS) is 10.9. The van der Waals surface area contributed by atoms with Crippen LogP contribution in [0.5, 0.6) is 0 Å². The molecule has 0 heterocycles. The van der Waals surface area contributed by atoms with Crippen LogP contribution in [0.1, 0.15) is 26.3 Å². The summed E-state index contributed by atoms with van der Waals surface area (Å²) < 4.78 is 0. The van der Waals surface area contributed by atoms with Gasteiger partial charge in [0.2, 0.25) is 0 Å². The first-order valence-electron chi connectivity index (χ1n) is 7.91. The van der Waals surface area contributed by atoms with Gasteiger partial charge in [-0.25, -0.2) is 0 Å². The molecule has 0 radical (unpaired) electrons. The van der Waals surface area contributed by atoms with Gasteiger partial charge in [0, 0.05) is 16.7 Å². The van der Waals surface area contributed by atoms with Crippen LogP contribution >= 0.6 is 11.6 Å². The minimum Gasteiger partial charge on any atom is -0.289 e. The van der Waals surface area contributed by atoms with Crippen molar-refractivity contribution in [1.29, 1.82) is 0 Å². The van der Waals surface area contributed by atoms with Crippen LogP contribution in [0.15, 0.2) is 78.9 Å². The fourth-order valence-corrected chi connectivity index (χ4v) is 3.40. The Labute approximate surface area is 149 Å². The smallest absolute Gasteiger partial charge is 0.253 e.